The van der Waals surface area contributed by atoms with Gasteiger partial charge in [-0.25, -0.2) is 4.79 Å². The van der Waals surface area contributed by atoms with Crippen LogP contribution in [-0.2, 0) is 16.1 Å². The van der Waals surface area contributed by atoms with Gasteiger partial charge in [0.2, 0.25) is 0 Å². The van der Waals surface area contributed by atoms with Crippen molar-refractivity contribution in [3.05, 3.63) is 77.1 Å². The fraction of sp³-hybridized carbons (Fsp3) is 0.158. The summed E-state index contributed by atoms with van der Waals surface area (Å²) in [6.07, 6.45) is 3.16. The highest BCUT2D eigenvalue weighted by Gasteiger charge is 2.09. The fourth-order valence-corrected chi connectivity index (χ4v) is 2.42. The standard InChI is InChI=1S/C19H18N4O2/c1-14-8-9-16(15(2)12-14)10-11-19(24)25-13-18-20-21-22-23(18)17-6-4-3-5-7-17/h3-12H,13H2,1-2H3/b11-10-. The number of carbonyl (C=O) groups is 1. The Morgan fingerprint density at radius 1 is 1.16 bits per heavy atom. The van der Waals surface area contributed by atoms with E-state index in [1.165, 1.54) is 11.6 Å². The summed E-state index contributed by atoms with van der Waals surface area (Å²) >= 11 is 0. The minimum absolute atomic E-state index is 0.00204. The molecule has 25 heavy (non-hydrogen) atoms. The zero-order chi connectivity index (χ0) is 17.6. The van der Waals surface area contributed by atoms with Crippen LogP contribution >= 0.6 is 0 Å². The van der Waals surface area contributed by atoms with E-state index in [0.29, 0.717) is 5.82 Å². The van der Waals surface area contributed by atoms with Gasteiger partial charge in [-0.1, -0.05) is 42.0 Å². The SMILES string of the molecule is Cc1ccc(/C=C\C(=O)OCc2nnnn2-c2ccccc2)c(C)c1. The maximum atomic E-state index is 12.0. The van der Waals surface area contributed by atoms with Gasteiger partial charge in [0.25, 0.3) is 0 Å². The van der Waals surface area contributed by atoms with Gasteiger partial charge in [-0.3, -0.25) is 0 Å². The molecule has 0 atom stereocenters. The van der Waals surface area contributed by atoms with Gasteiger partial charge >= 0.3 is 5.97 Å². The molecule has 6 heteroatoms. The van der Waals surface area contributed by atoms with Crippen LogP contribution in [-0.4, -0.2) is 26.2 Å². The van der Waals surface area contributed by atoms with Crippen molar-refractivity contribution in [3.8, 4) is 5.69 Å². The van der Waals surface area contributed by atoms with Crippen LogP contribution in [0.3, 0.4) is 0 Å². The molecule has 126 valence electrons. The summed E-state index contributed by atoms with van der Waals surface area (Å²) in [4.78, 5) is 12.0. The Morgan fingerprint density at radius 2 is 1.96 bits per heavy atom. The van der Waals surface area contributed by atoms with E-state index in [9.17, 15) is 4.79 Å². The molecule has 0 saturated carbocycles. The van der Waals surface area contributed by atoms with E-state index < -0.39 is 5.97 Å². The van der Waals surface area contributed by atoms with Crippen molar-refractivity contribution < 1.29 is 9.53 Å². The highest BCUT2D eigenvalue weighted by atomic mass is 16.5. The second-order valence-electron chi connectivity index (χ2n) is 5.64. The molecule has 0 bridgehead atoms. The molecule has 0 amide bonds. The third kappa shape index (κ3) is 4.17. The lowest BCUT2D eigenvalue weighted by Gasteiger charge is -2.04. The van der Waals surface area contributed by atoms with Crippen LogP contribution in [0.25, 0.3) is 11.8 Å². The normalized spacial score (nSPS) is 11.0. The van der Waals surface area contributed by atoms with Crippen LogP contribution in [0.5, 0.6) is 0 Å². The number of tetrazole rings is 1. The van der Waals surface area contributed by atoms with Crippen molar-refractivity contribution in [2.24, 2.45) is 0 Å². The summed E-state index contributed by atoms with van der Waals surface area (Å²) < 4.78 is 6.79. The molecule has 3 rings (SSSR count). The number of hydrogen-bond donors (Lipinski definition) is 0. The molecule has 0 aliphatic rings. The quantitative estimate of drug-likeness (QED) is 0.530. The van der Waals surface area contributed by atoms with Gasteiger partial charge in [-0.2, -0.15) is 4.68 Å². The van der Waals surface area contributed by atoms with Crippen LogP contribution in [0.4, 0.5) is 0 Å². The largest absolute Gasteiger partial charge is 0.454 e. The molecule has 3 aromatic rings. The first kappa shape index (κ1) is 16.6. The topological polar surface area (TPSA) is 69.9 Å². The highest BCUT2D eigenvalue weighted by Crippen LogP contribution is 2.12. The summed E-state index contributed by atoms with van der Waals surface area (Å²) in [6, 6.07) is 15.5. The smallest absolute Gasteiger partial charge is 0.331 e. The van der Waals surface area contributed by atoms with E-state index in [0.717, 1.165) is 16.8 Å². The van der Waals surface area contributed by atoms with Gasteiger partial charge in [-0.15, -0.1) is 5.10 Å². The minimum atomic E-state index is -0.442. The van der Waals surface area contributed by atoms with E-state index in [2.05, 4.69) is 21.6 Å². The number of esters is 1. The Morgan fingerprint density at radius 3 is 2.72 bits per heavy atom. The highest BCUT2D eigenvalue weighted by molar-refractivity contribution is 5.87. The van der Waals surface area contributed by atoms with E-state index in [1.54, 1.807) is 10.8 Å². The molecule has 0 N–H and O–H groups in total. The molecule has 1 aromatic heterocycles. The van der Waals surface area contributed by atoms with Crippen molar-refractivity contribution in [3.63, 3.8) is 0 Å². The summed E-state index contributed by atoms with van der Waals surface area (Å²) in [6.45, 7) is 4.04. The van der Waals surface area contributed by atoms with Gasteiger partial charge in [0, 0.05) is 6.08 Å². The first-order chi connectivity index (χ1) is 12.1. The lowest BCUT2D eigenvalue weighted by Crippen LogP contribution is -2.08. The van der Waals surface area contributed by atoms with Gasteiger partial charge in [0.15, 0.2) is 12.4 Å². The van der Waals surface area contributed by atoms with E-state index >= 15 is 0 Å². The first-order valence-electron chi connectivity index (χ1n) is 7.88. The molecule has 0 fully saturated rings. The maximum absolute atomic E-state index is 12.0. The van der Waals surface area contributed by atoms with Crippen LogP contribution in [0.2, 0.25) is 0 Å². The minimum Gasteiger partial charge on any atom is -0.454 e. The molecule has 0 saturated heterocycles. The Bertz CT molecular complexity index is 901. The number of ether oxygens (including phenoxy) is 1. The van der Waals surface area contributed by atoms with Crippen molar-refractivity contribution in [1.82, 2.24) is 20.2 Å². The Balaban J connectivity index is 1.64. The van der Waals surface area contributed by atoms with Crippen LogP contribution in [0.1, 0.15) is 22.5 Å². The summed E-state index contributed by atoms with van der Waals surface area (Å²) in [5.41, 5.74) is 4.09. The maximum Gasteiger partial charge on any atom is 0.331 e. The Kier molecular flexibility index (Phi) is 4.99. The zero-order valence-corrected chi connectivity index (χ0v) is 14.1. The average molecular weight is 334 g/mol. The van der Waals surface area contributed by atoms with Gasteiger partial charge in [0.1, 0.15) is 0 Å². The molecule has 6 nitrogen and oxygen atoms in total. The molecule has 0 aliphatic carbocycles. The predicted molar refractivity (Wildman–Crippen MR) is 93.9 cm³/mol. The lowest BCUT2D eigenvalue weighted by molar-refractivity contribution is -0.139. The number of aromatic nitrogens is 4. The van der Waals surface area contributed by atoms with Crippen LogP contribution in [0, 0.1) is 13.8 Å². The van der Waals surface area contributed by atoms with Crippen molar-refractivity contribution >= 4 is 12.0 Å². The zero-order valence-electron chi connectivity index (χ0n) is 14.1. The number of rotatable bonds is 5. The Hall–Kier alpha value is -3.28. The molecular formula is C19H18N4O2. The van der Waals surface area contributed by atoms with Crippen LogP contribution < -0.4 is 0 Å². The fourth-order valence-electron chi connectivity index (χ4n) is 2.42. The van der Waals surface area contributed by atoms with Gasteiger partial charge in [0.05, 0.1) is 5.69 Å². The number of para-hydroxylation sites is 1. The van der Waals surface area contributed by atoms with E-state index in [1.807, 2.05) is 56.3 Å². The average Bonchev–Trinajstić information content (AvgIpc) is 3.08. The van der Waals surface area contributed by atoms with E-state index in [-0.39, 0.29) is 6.61 Å². The van der Waals surface area contributed by atoms with Gasteiger partial charge < -0.3 is 4.74 Å². The number of aryl methyl sites for hydroxylation is 2. The number of nitrogens with zero attached hydrogens (tertiary/aromatic N) is 4. The molecule has 0 aliphatic heterocycles. The molecule has 0 radical (unpaired) electrons. The van der Waals surface area contributed by atoms with Crippen LogP contribution in [0.15, 0.2) is 54.6 Å². The first-order valence-corrected chi connectivity index (χ1v) is 7.88. The summed E-state index contributed by atoms with van der Waals surface area (Å²) in [5, 5.41) is 11.5. The molecule has 0 unspecified atom stereocenters. The second-order valence-corrected chi connectivity index (χ2v) is 5.64. The molecule has 1 heterocycles. The lowest BCUT2D eigenvalue weighted by atomic mass is 10.1. The summed E-state index contributed by atoms with van der Waals surface area (Å²) in [7, 11) is 0. The monoisotopic (exact) mass is 334 g/mol. The third-order valence-corrected chi connectivity index (χ3v) is 3.70. The number of carbonyl (C=O) groups excluding carboxylic acids is 1. The van der Waals surface area contributed by atoms with Crippen molar-refractivity contribution in [2.45, 2.75) is 20.5 Å². The Labute approximate surface area is 145 Å². The number of hydrogen-bond acceptors (Lipinski definition) is 5. The molecule has 0 spiro atoms. The van der Waals surface area contributed by atoms with Crippen molar-refractivity contribution in [2.75, 3.05) is 0 Å². The van der Waals surface area contributed by atoms with Gasteiger partial charge in [-0.05, 0) is 53.6 Å². The third-order valence-electron chi connectivity index (χ3n) is 3.70. The predicted octanol–water partition coefficient (Wildman–Crippen LogP) is 3.04. The molecule has 2 aromatic carbocycles. The molecular weight excluding hydrogens is 316 g/mol. The van der Waals surface area contributed by atoms with Crippen molar-refractivity contribution in [1.29, 1.82) is 0 Å². The van der Waals surface area contributed by atoms with E-state index in [4.69, 9.17) is 4.74 Å². The second kappa shape index (κ2) is 7.53. The summed E-state index contributed by atoms with van der Waals surface area (Å²) in [5.74, 6) is 0.0158. The number of benzene rings is 2.